The van der Waals surface area contributed by atoms with Gasteiger partial charge in [0.1, 0.15) is 11.8 Å². The molecule has 0 fully saturated rings. The van der Waals surface area contributed by atoms with Crippen molar-refractivity contribution in [3.05, 3.63) is 39.8 Å². The van der Waals surface area contributed by atoms with Gasteiger partial charge in [-0.3, -0.25) is 10.0 Å². The molecule has 1 heterocycles. The van der Waals surface area contributed by atoms with Crippen LogP contribution in [-0.2, 0) is 21.4 Å². The number of halogens is 1. The number of aromatic nitrogens is 1. The molecule has 0 aliphatic heterocycles. The van der Waals surface area contributed by atoms with Crippen LogP contribution in [0.15, 0.2) is 35.4 Å². The minimum atomic E-state index is -4.03. The number of carbonyl (C=O) groups is 1. The van der Waals surface area contributed by atoms with E-state index in [9.17, 15) is 13.2 Å². The molecule has 2 aromatic rings. The molecule has 0 unspecified atom stereocenters. The van der Waals surface area contributed by atoms with Gasteiger partial charge in [0, 0.05) is 11.1 Å². The van der Waals surface area contributed by atoms with Crippen molar-refractivity contribution < 1.29 is 23.2 Å². The van der Waals surface area contributed by atoms with Crippen molar-refractivity contribution in [2.45, 2.75) is 24.4 Å². The van der Waals surface area contributed by atoms with Gasteiger partial charge in [0.15, 0.2) is 4.47 Å². The zero-order valence-electron chi connectivity index (χ0n) is 13.3. The SMILES string of the molecule is COc1ccc(S(=O)(=O)N(Cc2cnc(Cl)s2)[C@H](C)C(=O)NO)cc1. The quantitative estimate of drug-likeness (QED) is 0.537. The summed E-state index contributed by atoms with van der Waals surface area (Å²) in [5.74, 6) is -0.353. The summed E-state index contributed by atoms with van der Waals surface area (Å²) in [5, 5.41) is 8.86. The van der Waals surface area contributed by atoms with Gasteiger partial charge >= 0.3 is 0 Å². The molecule has 1 amide bonds. The van der Waals surface area contributed by atoms with Crippen molar-refractivity contribution >= 4 is 38.9 Å². The molecule has 1 aromatic carbocycles. The lowest BCUT2D eigenvalue weighted by molar-refractivity contribution is -0.132. The lowest BCUT2D eigenvalue weighted by Crippen LogP contribution is -2.46. The van der Waals surface area contributed by atoms with Crippen molar-refractivity contribution in [2.75, 3.05) is 7.11 Å². The molecule has 8 nitrogen and oxygen atoms in total. The lowest BCUT2D eigenvalue weighted by atomic mass is 10.3. The van der Waals surface area contributed by atoms with Crippen LogP contribution in [0.3, 0.4) is 0 Å². The van der Waals surface area contributed by atoms with E-state index >= 15 is 0 Å². The van der Waals surface area contributed by atoms with Crippen LogP contribution in [0.2, 0.25) is 4.47 Å². The summed E-state index contributed by atoms with van der Waals surface area (Å²) in [5.41, 5.74) is 1.47. The molecule has 0 spiro atoms. The van der Waals surface area contributed by atoms with E-state index in [4.69, 9.17) is 21.5 Å². The predicted octanol–water partition coefficient (Wildman–Crippen LogP) is 1.89. The highest BCUT2D eigenvalue weighted by molar-refractivity contribution is 7.89. The van der Waals surface area contributed by atoms with E-state index in [1.54, 1.807) is 0 Å². The van der Waals surface area contributed by atoms with Crippen LogP contribution in [0.5, 0.6) is 5.75 Å². The van der Waals surface area contributed by atoms with Crippen LogP contribution >= 0.6 is 22.9 Å². The number of methoxy groups -OCH3 is 1. The van der Waals surface area contributed by atoms with Gasteiger partial charge in [0.2, 0.25) is 10.0 Å². The summed E-state index contributed by atoms with van der Waals surface area (Å²) in [6.45, 7) is 1.25. The number of thiazole rings is 1. The van der Waals surface area contributed by atoms with Crippen molar-refractivity contribution in [2.24, 2.45) is 0 Å². The topological polar surface area (TPSA) is 109 Å². The molecule has 0 saturated carbocycles. The third kappa shape index (κ3) is 4.47. The van der Waals surface area contributed by atoms with Gasteiger partial charge in [-0.05, 0) is 31.2 Å². The molecular formula is C14H16ClN3O5S2. The van der Waals surface area contributed by atoms with E-state index in [1.165, 1.54) is 50.0 Å². The molecule has 11 heteroatoms. The van der Waals surface area contributed by atoms with E-state index in [0.717, 1.165) is 15.6 Å². The standard InChI is InChI=1S/C14H16ClN3O5S2/c1-9(13(19)17-20)18(8-11-7-16-14(15)24-11)25(21,22)12-5-3-10(23-2)4-6-12/h3-7,9,20H,8H2,1-2H3,(H,17,19)/t9-/m1/s1. The second kappa shape index (κ2) is 8.11. The second-order valence-corrected chi connectivity index (χ2v) is 8.55. The van der Waals surface area contributed by atoms with Crippen LogP contribution in [0.4, 0.5) is 0 Å². The molecule has 136 valence electrons. The molecule has 1 aromatic heterocycles. The highest BCUT2D eigenvalue weighted by atomic mass is 35.5. The summed E-state index contributed by atoms with van der Waals surface area (Å²) in [6, 6.07) is 4.61. The van der Waals surface area contributed by atoms with Gasteiger partial charge in [-0.25, -0.2) is 18.9 Å². The number of hydroxylamine groups is 1. The van der Waals surface area contributed by atoms with Gasteiger partial charge < -0.3 is 4.74 Å². The number of ether oxygens (including phenoxy) is 1. The molecule has 25 heavy (non-hydrogen) atoms. The van der Waals surface area contributed by atoms with E-state index in [-0.39, 0.29) is 15.9 Å². The van der Waals surface area contributed by atoms with Gasteiger partial charge in [-0.1, -0.05) is 11.6 Å². The fraction of sp³-hybridized carbons (Fsp3) is 0.286. The highest BCUT2D eigenvalue weighted by Gasteiger charge is 2.33. The maximum absolute atomic E-state index is 13.0. The Bertz CT molecular complexity index is 838. The van der Waals surface area contributed by atoms with E-state index in [0.29, 0.717) is 10.6 Å². The molecule has 0 aliphatic rings. The Labute approximate surface area is 154 Å². The summed E-state index contributed by atoms with van der Waals surface area (Å²) >= 11 is 6.89. The Morgan fingerprint density at radius 3 is 2.56 bits per heavy atom. The number of benzene rings is 1. The molecule has 0 bridgehead atoms. The summed E-state index contributed by atoms with van der Waals surface area (Å²) in [7, 11) is -2.56. The maximum atomic E-state index is 13.0. The number of amides is 1. The normalized spacial score (nSPS) is 12.8. The fourth-order valence-corrected chi connectivity index (χ4v) is 4.68. The van der Waals surface area contributed by atoms with Crippen LogP contribution in [0.25, 0.3) is 0 Å². The molecular weight excluding hydrogens is 390 g/mol. The average molecular weight is 406 g/mol. The number of carbonyl (C=O) groups excluding carboxylic acids is 1. The summed E-state index contributed by atoms with van der Waals surface area (Å²) in [6.07, 6.45) is 1.44. The maximum Gasteiger partial charge on any atom is 0.261 e. The Hall–Kier alpha value is -1.72. The fourth-order valence-electron chi connectivity index (χ4n) is 2.05. The first-order valence-electron chi connectivity index (χ1n) is 6.99. The van der Waals surface area contributed by atoms with Crippen molar-refractivity contribution in [3.8, 4) is 5.75 Å². The molecule has 2 N–H and O–H groups in total. The third-order valence-corrected chi connectivity index (χ3v) is 6.45. The van der Waals surface area contributed by atoms with Gasteiger partial charge in [-0.15, -0.1) is 11.3 Å². The Morgan fingerprint density at radius 2 is 2.08 bits per heavy atom. The van der Waals surface area contributed by atoms with E-state index in [2.05, 4.69) is 4.98 Å². The first-order valence-corrected chi connectivity index (χ1v) is 9.63. The molecule has 2 rings (SSSR count). The molecule has 0 radical (unpaired) electrons. The Morgan fingerprint density at radius 1 is 1.44 bits per heavy atom. The monoisotopic (exact) mass is 405 g/mol. The van der Waals surface area contributed by atoms with Crippen LogP contribution in [-0.4, -0.2) is 42.0 Å². The number of sulfonamides is 1. The lowest BCUT2D eigenvalue weighted by Gasteiger charge is -2.26. The van der Waals surface area contributed by atoms with Gasteiger partial charge in [0.25, 0.3) is 5.91 Å². The predicted molar refractivity (Wildman–Crippen MR) is 92.2 cm³/mol. The van der Waals surface area contributed by atoms with Gasteiger partial charge in [0.05, 0.1) is 18.6 Å². The number of hydrogen-bond donors (Lipinski definition) is 2. The number of nitrogens with zero attached hydrogens (tertiary/aromatic N) is 2. The summed E-state index contributed by atoms with van der Waals surface area (Å²) in [4.78, 5) is 16.2. The Balaban J connectivity index is 2.42. The summed E-state index contributed by atoms with van der Waals surface area (Å²) < 4.78 is 32.2. The minimum Gasteiger partial charge on any atom is -0.497 e. The van der Waals surface area contributed by atoms with E-state index in [1.807, 2.05) is 0 Å². The van der Waals surface area contributed by atoms with Crippen molar-refractivity contribution in [1.29, 1.82) is 0 Å². The van der Waals surface area contributed by atoms with Crippen LogP contribution in [0, 0.1) is 0 Å². The zero-order chi connectivity index (χ0) is 18.6. The number of nitrogens with one attached hydrogen (secondary N) is 1. The first-order chi connectivity index (χ1) is 11.8. The third-order valence-electron chi connectivity index (χ3n) is 3.42. The van der Waals surface area contributed by atoms with Gasteiger partial charge in [-0.2, -0.15) is 4.31 Å². The van der Waals surface area contributed by atoms with Crippen LogP contribution in [0.1, 0.15) is 11.8 Å². The Kier molecular flexibility index (Phi) is 6.36. The highest BCUT2D eigenvalue weighted by Crippen LogP contribution is 2.26. The van der Waals surface area contributed by atoms with Crippen LogP contribution < -0.4 is 10.2 Å². The average Bonchev–Trinajstić information content (AvgIpc) is 3.03. The van der Waals surface area contributed by atoms with Crippen molar-refractivity contribution in [1.82, 2.24) is 14.8 Å². The smallest absolute Gasteiger partial charge is 0.261 e. The largest absolute Gasteiger partial charge is 0.497 e. The van der Waals surface area contributed by atoms with Crippen molar-refractivity contribution in [3.63, 3.8) is 0 Å². The molecule has 1 atom stereocenters. The number of rotatable bonds is 7. The van der Waals surface area contributed by atoms with E-state index < -0.39 is 22.0 Å². The minimum absolute atomic E-state index is 0.0125. The zero-order valence-corrected chi connectivity index (χ0v) is 15.7. The second-order valence-electron chi connectivity index (χ2n) is 4.96. The first kappa shape index (κ1) is 19.6. The molecule has 0 aliphatic carbocycles. The number of hydrogen-bond acceptors (Lipinski definition) is 7. The molecule has 0 saturated heterocycles.